The summed E-state index contributed by atoms with van der Waals surface area (Å²) in [5.74, 6) is 0.224. The number of rotatable bonds is 4. The van der Waals surface area contributed by atoms with E-state index in [4.69, 9.17) is 5.73 Å². The molecule has 2 amide bonds. The first-order valence-electron chi connectivity index (χ1n) is 6.16. The van der Waals surface area contributed by atoms with Crippen LogP contribution in [0, 0.1) is 5.92 Å². The number of carbonyl (C=O) groups excluding carboxylic acids is 1. The van der Waals surface area contributed by atoms with Crippen molar-refractivity contribution in [2.75, 3.05) is 19.6 Å². The van der Waals surface area contributed by atoms with Gasteiger partial charge in [-0.3, -0.25) is 0 Å². The number of primary amides is 1. The molecule has 0 radical (unpaired) electrons. The van der Waals surface area contributed by atoms with Crippen molar-refractivity contribution in [3.8, 4) is 0 Å². The average Bonchev–Trinajstić information content (AvgIpc) is 2.25. The predicted molar refractivity (Wildman–Crippen MR) is 62.0 cm³/mol. The number of halogens is 3. The van der Waals surface area contributed by atoms with Gasteiger partial charge in [-0.2, -0.15) is 13.2 Å². The molecule has 0 spiro atoms. The molecule has 0 bridgehead atoms. The number of hydrogen-bond donors (Lipinski definition) is 2. The normalized spacial score (nSPS) is 25.2. The molecule has 0 aromatic rings. The number of alkyl halides is 3. The van der Waals surface area contributed by atoms with Gasteiger partial charge in [-0.25, -0.2) is 4.79 Å². The van der Waals surface area contributed by atoms with Crippen LogP contribution in [-0.2, 0) is 0 Å². The number of likely N-dealkylation sites (tertiary alicyclic amines) is 1. The van der Waals surface area contributed by atoms with Crippen molar-refractivity contribution >= 4 is 6.03 Å². The van der Waals surface area contributed by atoms with E-state index < -0.39 is 18.8 Å². The molecule has 0 aromatic heterocycles. The van der Waals surface area contributed by atoms with Gasteiger partial charge in [0, 0.05) is 19.1 Å². The second-order valence-electron chi connectivity index (χ2n) is 4.83. The number of nitrogens with one attached hydrogen (secondary N) is 1. The molecular formula is C11H20F3N3O. The number of hydrogen-bond acceptors (Lipinski definition) is 2. The third-order valence-corrected chi connectivity index (χ3v) is 3.14. The van der Waals surface area contributed by atoms with E-state index in [9.17, 15) is 18.0 Å². The van der Waals surface area contributed by atoms with Gasteiger partial charge < -0.3 is 16.0 Å². The minimum Gasteiger partial charge on any atom is -0.351 e. The van der Waals surface area contributed by atoms with Crippen molar-refractivity contribution < 1.29 is 18.0 Å². The Morgan fingerprint density at radius 3 is 2.61 bits per heavy atom. The van der Waals surface area contributed by atoms with Gasteiger partial charge in [0.15, 0.2) is 0 Å². The molecule has 1 rings (SSSR count). The van der Waals surface area contributed by atoms with Crippen LogP contribution in [-0.4, -0.2) is 42.8 Å². The first-order chi connectivity index (χ1) is 8.31. The first kappa shape index (κ1) is 15.1. The van der Waals surface area contributed by atoms with E-state index in [1.807, 2.05) is 6.92 Å². The smallest absolute Gasteiger partial charge is 0.351 e. The first-order valence-corrected chi connectivity index (χ1v) is 6.16. The van der Waals surface area contributed by atoms with Gasteiger partial charge in [-0.15, -0.1) is 0 Å². The van der Waals surface area contributed by atoms with Gasteiger partial charge >= 0.3 is 12.2 Å². The lowest BCUT2D eigenvalue weighted by Gasteiger charge is -2.37. The molecule has 3 N–H and O–H groups in total. The van der Waals surface area contributed by atoms with E-state index in [0.717, 1.165) is 12.8 Å². The summed E-state index contributed by atoms with van der Waals surface area (Å²) in [6.07, 6.45) is -1.72. The summed E-state index contributed by atoms with van der Waals surface area (Å²) in [6, 6.07) is -0.890. The fraction of sp³-hybridized carbons (Fsp3) is 0.909. The zero-order chi connectivity index (χ0) is 13.8. The van der Waals surface area contributed by atoms with Crippen LogP contribution in [0.2, 0.25) is 0 Å². The Bertz CT molecular complexity index is 283. The lowest BCUT2D eigenvalue weighted by Crippen LogP contribution is -2.54. The summed E-state index contributed by atoms with van der Waals surface area (Å²) in [5.41, 5.74) is 5.21. The average molecular weight is 267 g/mol. The molecule has 7 heteroatoms. The van der Waals surface area contributed by atoms with Gasteiger partial charge in [-0.1, -0.05) is 13.3 Å². The fourth-order valence-electron chi connectivity index (χ4n) is 2.41. The molecular weight excluding hydrogens is 247 g/mol. The van der Waals surface area contributed by atoms with E-state index in [1.54, 1.807) is 0 Å². The van der Waals surface area contributed by atoms with E-state index >= 15 is 0 Å². The quantitative estimate of drug-likeness (QED) is 0.814. The molecule has 106 valence electrons. The Labute approximate surface area is 105 Å². The van der Waals surface area contributed by atoms with Crippen LogP contribution >= 0.6 is 0 Å². The number of carbonyl (C=O) groups is 1. The number of urea groups is 1. The molecule has 1 fully saturated rings. The highest BCUT2D eigenvalue weighted by atomic mass is 19.4. The Morgan fingerprint density at radius 1 is 1.44 bits per heavy atom. The highest BCUT2D eigenvalue weighted by Gasteiger charge is 2.32. The molecule has 0 aromatic carbocycles. The van der Waals surface area contributed by atoms with Crippen molar-refractivity contribution in [3.05, 3.63) is 0 Å². The summed E-state index contributed by atoms with van der Waals surface area (Å²) < 4.78 is 36.4. The summed E-state index contributed by atoms with van der Waals surface area (Å²) >= 11 is 0. The molecule has 1 heterocycles. The highest BCUT2D eigenvalue weighted by Crippen LogP contribution is 2.22. The lowest BCUT2D eigenvalue weighted by molar-refractivity contribution is -0.127. The third-order valence-electron chi connectivity index (χ3n) is 3.14. The maximum Gasteiger partial charge on any atom is 0.401 e. The lowest BCUT2D eigenvalue weighted by atomic mass is 9.90. The van der Waals surface area contributed by atoms with Crippen molar-refractivity contribution in [1.29, 1.82) is 0 Å². The summed E-state index contributed by atoms with van der Waals surface area (Å²) in [4.78, 5) is 12.6. The number of piperidine rings is 1. The zero-order valence-electron chi connectivity index (χ0n) is 10.5. The molecule has 1 aliphatic rings. The maximum atomic E-state index is 12.1. The molecule has 0 saturated carbocycles. The van der Waals surface area contributed by atoms with Crippen molar-refractivity contribution in [1.82, 2.24) is 10.2 Å². The molecule has 4 nitrogen and oxygen atoms in total. The van der Waals surface area contributed by atoms with Gasteiger partial charge in [0.25, 0.3) is 0 Å². The van der Waals surface area contributed by atoms with Crippen molar-refractivity contribution in [2.24, 2.45) is 11.7 Å². The topological polar surface area (TPSA) is 58.4 Å². The second kappa shape index (κ2) is 6.26. The molecule has 2 unspecified atom stereocenters. The SMILES string of the molecule is CCCC1CC(NCC(F)(F)F)CN(C(N)=O)C1. The van der Waals surface area contributed by atoms with Gasteiger partial charge in [0.2, 0.25) is 0 Å². The second-order valence-corrected chi connectivity index (χ2v) is 4.83. The van der Waals surface area contributed by atoms with Crippen molar-refractivity contribution in [2.45, 2.75) is 38.4 Å². The van der Waals surface area contributed by atoms with Crippen LogP contribution in [0.3, 0.4) is 0 Å². The van der Waals surface area contributed by atoms with Crippen LogP contribution in [0.5, 0.6) is 0 Å². The minimum absolute atomic E-state index is 0.224. The summed E-state index contributed by atoms with van der Waals surface area (Å²) in [7, 11) is 0. The molecule has 0 aliphatic carbocycles. The molecule has 1 aliphatic heterocycles. The summed E-state index contributed by atoms with van der Waals surface area (Å²) in [5, 5.41) is 2.46. The van der Waals surface area contributed by atoms with Crippen LogP contribution in [0.1, 0.15) is 26.2 Å². The largest absolute Gasteiger partial charge is 0.401 e. The van der Waals surface area contributed by atoms with Crippen LogP contribution in [0.4, 0.5) is 18.0 Å². The monoisotopic (exact) mass is 267 g/mol. The van der Waals surface area contributed by atoms with E-state index in [0.29, 0.717) is 13.0 Å². The van der Waals surface area contributed by atoms with Crippen molar-refractivity contribution in [3.63, 3.8) is 0 Å². The fourth-order valence-corrected chi connectivity index (χ4v) is 2.41. The van der Waals surface area contributed by atoms with Crippen LogP contribution in [0.15, 0.2) is 0 Å². The zero-order valence-corrected chi connectivity index (χ0v) is 10.5. The predicted octanol–water partition coefficient (Wildman–Crippen LogP) is 1.71. The molecule has 2 atom stereocenters. The van der Waals surface area contributed by atoms with E-state index in [2.05, 4.69) is 5.32 Å². The Kier molecular flexibility index (Phi) is 5.25. The maximum absolute atomic E-state index is 12.1. The van der Waals surface area contributed by atoms with Gasteiger partial charge in [0.05, 0.1) is 6.54 Å². The summed E-state index contributed by atoms with van der Waals surface area (Å²) in [6.45, 7) is 1.80. The van der Waals surface area contributed by atoms with Gasteiger partial charge in [0.1, 0.15) is 0 Å². The van der Waals surface area contributed by atoms with E-state index in [1.165, 1.54) is 4.90 Å². The van der Waals surface area contributed by atoms with E-state index in [-0.39, 0.29) is 18.5 Å². The molecule has 1 saturated heterocycles. The third kappa shape index (κ3) is 5.12. The van der Waals surface area contributed by atoms with Gasteiger partial charge in [-0.05, 0) is 18.8 Å². The number of amides is 2. The number of nitrogens with two attached hydrogens (primary N) is 1. The van der Waals surface area contributed by atoms with Crippen LogP contribution in [0.25, 0.3) is 0 Å². The Morgan fingerprint density at radius 2 is 2.11 bits per heavy atom. The Balaban J connectivity index is 2.53. The highest BCUT2D eigenvalue weighted by molar-refractivity contribution is 5.72. The Hall–Kier alpha value is -0.980. The standard InChI is InChI=1S/C11H20F3N3O/c1-2-3-8-4-9(16-7-11(12,13)14)6-17(5-8)10(15)18/h8-9,16H,2-7H2,1H3,(H2,15,18). The van der Waals surface area contributed by atoms with Crippen LogP contribution < -0.4 is 11.1 Å². The number of nitrogens with zero attached hydrogens (tertiary/aromatic N) is 1. The minimum atomic E-state index is -4.23. The molecule has 18 heavy (non-hydrogen) atoms.